The molecule has 5 heteroatoms. The minimum atomic E-state index is -0.160. The van der Waals surface area contributed by atoms with Gasteiger partial charge in [0.25, 0.3) is 0 Å². The first-order valence-corrected chi connectivity index (χ1v) is 10.9. The van der Waals surface area contributed by atoms with Gasteiger partial charge in [0.05, 0.1) is 18.8 Å². The van der Waals surface area contributed by atoms with Gasteiger partial charge in [0.15, 0.2) is 5.78 Å². The van der Waals surface area contributed by atoms with E-state index in [1.165, 1.54) is 0 Å². The summed E-state index contributed by atoms with van der Waals surface area (Å²) in [5.74, 6) is 2.41. The van der Waals surface area contributed by atoms with Crippen molar-refractivity contribution >= 4 is 5.78 Å². The van der Waals surface area contributed by atoms with Crippen LogP contribution in [0.25, 0.3) is 0 Å². The number of Topliss-reactive ketones (excluding diaryl/α,β-unsaturated/α-hetero) is 1. The second kappa shape index (κ2) is 8.06. The molecule has 3 aromatic rings. The van der Waals surface area contributed by atoms with Crippen LogP contribution in [0, 0.1) is 6.92 Å². The van der Waals surface area contributed by atoms with Crippen molar-refractivity contribution in [1.29, 1.82) is 0 Å². The molecule has 0 bridgehead atoms. The van der Waals surface area contributed by atoms with Crippen molar-refractivity contribution in [2.24, 2.45) is 0 Å². The van der Waals surface area contributed by atoms with Gasteiger partial charge in [-0.1, -0.05) is 42.5 Å². The first kappa shape index (κ1) is 19.6. The molecule has 0 unspecified atom stereocenters. The molecule has 0 radical (unpaired) electrons. The van der Waals surface area contributed by atoms with E-state index in [-0.39, 0.29) is 11.7 Å². The fraction of sp³-hybridized carbons (Fsp3) is 0.308. The second-order valence-electron chi connectivity index (χ2n) is 8.10. The third kappa shape index (κ3) is 3.54. The van der Waals surface area contributed by atoms with E-state index in [4.69, 9.17) is 14.6 Å². The minimum Gasteiger partial charge on any atom is -0.494 e. The predicted octanol–water partition coefficient (Wildman–Crippen LogP) is 5.17. The van der Waals surface area contributed by atoms with Crippen LogP contribution in [0.15, 0.2) is 65.9 Å². The summed E-state index contributed by atoms with van der Waals surface area (Å²) in [6.45, 7) is 5.23. The zero-order valence-corrected chi connectivity index (χ0v) is 17.9. The smallest absolute Gasteiger partial charge is 0.222 e. The van der Waals surface area contributed by atoms with E-state index in [1.807, 2.05) is 48.9 Å². The summed E-state index contributed by atoms with van der Waals surface area (Å²) in [5.41, 5.74) is 4.92. The Balaban J connectivity index is 1.62. The summed E-state index contributed by atoms with van der Waals surface area (Å²) >= 11 is 0. The Morgan fingerprint density at radius 1 is 1.10 bits per heavy atom. The van der Waals surface area contributed by atoms with Gasteiger partial charge in [0.2, 0.25) is 5.88 Å². The predicted molar refractivity (Wildman–Crippen MR) is 118 cm³/mol. The van der Waals surface area contributed by atoms with Gasteiger partial charge in [-0.25, -0.2) is 4.68 Å². The molecule has 5 nitrogen and oxygen atoms in total. The molecule has 5 rings (SSSR count). The van der Waals surface area contributed by atoms with Crippen molar-refractivity contribution in [2.45, 2.75) is 45.6 Å². The number of carbonyl (C=O) groups is 1. The van der Waals surface area contributed by atoms with E-state index in [2.05, 4.69) is 24.3 Å². The topological polar surface area (TPSA) is 53.4 Å². The van der Waals surface area contributed by atoms with Crippen LogP contribution in [0.2, 0.25) is 0 Å². The van der Waals surface area contributed by atoms with Crippen molar-refractivity contribution in [3.05, 3.63) is 88.3 Å². The Labute approximate surface area is 182 Å². The van der Waals surface area contributed by atoms with Crippen LogP contribution in [0.4, 0.5) is 0 Å². The van der Waals surface area contributed by atoms with Crippen LogP contribution < -0.4 is 9.47 Å². The zero-order chi connectivity index (χ0) is 21.4. The van der Waals surface area contributed by atoms with Crippen molar-refractivity contribution in [3.63, 3.8) is 0 Å². The molecule has 0 saturated carbocycles. The van der Waals surface area contributed by atoms with E-state index in [0.717, 1.165) is 58.2 Å². The number of ether oxygens (including phenoxy) is 2. The van der Waals surface area contributed by atoms with Gasteiger partial charge in [-0.2, -0.15) is 5.10 Å². The summed E-state index contributed by atoms with van der Waals surface area (Å²) in [7, 11) is 0. The van der Waals surface area contributed by atoms with Crippen LogP contribution in [0.3, 0.4) is 0 Å². The summed E-state index contributed by atoms with van der Waals surface area (Å²) in [6, 6.07) is 18.3. The molecule has 2 aromatic carbocycles. The number of carbonyl (C=O) groups excluding carboxylic acids is 1. The standard InChI is InChI=1S/C26H26N2O3/c1-3-30-20-14-12-19(13-15-20)24-23-17(2)27-28(16-18-8-5-4-6-9-18)26(23)31-22-11-7-10-21(29)25(22)24/h4-6,8-9,12-15,24H,3,7,10-11,16H2,1-2H3/t24-/m0/s1. The fourth-order valence-electron chi connectivity index (χ4n) is 4.66. The minimum absolute atomic E-state index is 0.160. The number of benzene rings is 2. The highest BCUT2D eigenvalue weighted by molar-refractivity contribution is 5.99. The van der Waals surface area contributed by atoms with Gasteiger partial charge in [-0.05, 0) is 43.5 Å². The average molecular weight is 415 g/mol. The maximum atomic E-state index is 13.0. The molecule has 0 spiro atoms. The summed E-state index contributed by atoms with van der Waals surface area (Å²) in [4.78, 5) is 13.0. The molecule has 1 atom stereocenters. The van der Waals surface area contributed by atoms with E-state index in [9.17, 15) is 4.79 Å². The van der Waals surface area contributed by atoms with Gasteiger partial charge >= 0.3 is 0 Å². The van der Waals surface area contributed by atoms with Gasteiger partial charge in [-0.3, -0.25) is 4.79 Å². The number of allylic oxidation sites excluding steroid dienone is 2. The SMILES string of the molecule is CCOc1ccc([C@@H]2C3=C(CCCC3=O)Oc3c2c(C)nn3Cc2ccccc2)cc1. The van der Waals surface area contributed by atoms with Crippen LogP contribution in [0.5, 0.6) is 11.6 Å². The van der Waals surface area contributed by atoms with Gasteiger partial charge in [0.1, 0.15) is 11.5 Å². The van der Waals surface area contributed by atoms with E-state index < -0.39 is 0 Å². The number of nitrogens with zero attached hydrogens (tertiary/aromatic N) is 2. The molecule has 0 saturated heterocycles. The lowest BCUT2D eigenvalue weighted by atomic mass is 9.77. The van der Waals surface area contributed by atoms with Crippen molar-refractivity contribution in [2.75, 3.05) is 6.61 Å². The monoisotopic (exact) mass is 414 g/mol. The molecule has 1 aromatic heterocycles. The van der Waals surface area contributed by atoms with E-state index >= 15 is 0 Å². The zero-order valence-electron chi connectivity index (χ0n) is 17.9. The quantitative estimate of drug-likeness (QED) is 0.578. The molecule has 2 aliphatic rings. The Hall–Kier alpha value is -3.34. The largest absolute Gasteiger partial charge is 0.494 e. The number of hydrogen-bond acceptors (Lipinski definition) is 4. The molecular formula is C26H26N2O3. The van der Waals surface area contributed by atoms with Gasteiger partial charge in [-0.15, -0.1) is 0 Å². The highest BCUT2D eigenvalue weighted by atomic mass is 16.5. The lowest BCUT2D eigenvalue weighted by Crippen LogP contribution is -2.26. The maximum Gasteiger partial charge on any atom is 0.222 e. The number of ketones is 1. The normalized spacial score (nSPS) is 17.7. The maximum absolute atomic E-state index is 13.0. The van der Waals surface area contributed by atoms with Crippen LogP contribution in [-0.2, 0) is 11.3 Å². The number of aryl methyl sites for hydroxylation is 1. The summed E-state index contributed by atoms with van der Waals surface area (Å²) < 4.78 is 13.9. The molecule has 1 aliphatic carbocycles. The Kier molecular flexibility index (Phi) is 5.10. The molecule has 0 fully saturated rings. The molecule has 158 valence electrons. The molecule has 2 heterocycles. The van der Waals surface area contributed by atoms with Crippen molar-refractivity contribution < 1.29 is 14.3 Å². The third-order valence-electron chi connectivity index (χ3n) is 6.03. The number of fused-ring (bicyclic) bond motifs is 1. The highest BCUT2D eigenvalue weighted by Crippen LogP contribution is 2.48. The Morgan fingerprint density at radius 2 is 1.87 bits per heavy atom. The molecule has 1 aliphatic heterocycles. The van der Waals surface area contributed by atoms with Crippen LogP contribution >= 0.6 is 0 Å². The fourth-order valence-corrected chi connectivity index (χ4v) is 4.66. The van der Waals surface area contributed by atoms with E-state index in [0.29, 0.717) is 19.6 Å². The lowest BCUT2D eigenvalue weighted by Gasteiger charge is -2.31. The summed E-state index contributed by atoms with van der Waals surface area (Å²) in [6.07, 6.45) is 2.18. The molecular weight excluding hydrogens is 388 g/mol. The van der Waals surface area contributed by atoms with Crippen LogP contribution in [-0.4, -0.2) is 22.2 Å². The first-order valence-electron chi connectivity index (χ1n) is 10.9. The number of rotatable bonds is 5. The van der Waals surface area contributed by atoms with Crippen molar-refractivity contribution in [1.82, 2.24) is 9.78 Å². The number of aromatic nitrogens is 2. The highest BCUT2D eigenvalue weighted by Gasteiger charge is 2.40. The molecule has 0 amide bonds. The van der Waals surface area contributed by atoms with Crippen LogP contribution in [0.1, 0.15) is 54.5 Å². The number of hydrogen-bond donors (Lipinski definition) is 0. The average Bonchev–Trinajstić information content (AvgIpc) is 3.09. The third-order valence-corrected chi connectivity index (χ3v) is 6.03. The molecule has 0 N–H and O–H groups in total. The lowest BCUT2D eigenvalue weighted by molar-refractivity contribution is -0.116. The Bertz CT molecular complexity index is 1140. The van der Waals surface area contributed by atoms with E-state index in [1.54, 1.807) is 0 Å². The first-order chi connectivity index (χ1) is 15.2. The van der Waals surface area contributed by atoms with Gasteiger partial charge < -0.3 is 9.47 Å². The van der Waals surface area contributed by atoms with Gasteiger partial charge in [0, 0.05) is 29.9 Å². The van der Waals surface area contributed by atoms with Crippen molar-refractivity contribution in [3.8, 4) is 11.6 Å². The Morgan fingerprint density at radius 3 is 2.61 bits per heavy atom. The summed E-state index contributed by atoms with van der Waals surface area (Å²) in [5, 5.41) is 4.82. The second-order valence-corrected chi connectivity index (χ2v) is 8.10. The molecule has 31 heavy (non-hydrogen) atoms.